The quantitative estimate of drug-likeness (QED) is 0.742. The number of anilines is 1. The van der Waals surface area contributed by atoms with Gasteiger partial charge in [0.15, 0.2) is 0 Å². The maximum Gasteiger partial charge on any atom is 0.137 e. The van der Waals surface area contributed by atoms with Gasteiger partial charge >= 0.3 is 0 Å². The summed E-state index contributed by atoms with van der Waals surface area (Å²) < 4.78 is 1.08. The number of hydrogen-bond acceptors (Lipinski definition) is 6. The maximum atomic E-state index is 5.98. The number of nitrogen functional groups attached to an aromatic ring is 1. The minimum absolute atomic E-state index is 0.479. The fraction of sp³-hybridized carbons (Fsp3) is 0.286. The number of hydrogen-bond donors (Lipinski definition) is 1. The summed E-state index contributed by atoms with van der Waals surface area (Å²) in [6.45, 7) is 7.75. The second kappa shape index (κ2) is 5.92. The van der Waals surface area contributed by atoms with Crippen molar-refractivity contribution in [2.45, 2.75) is 27.7 Å². The number of nitrogens with two attached hydrogens (primary N) is 1. The second-order valence-corrected chi connectivity index (χ2v) is 5.01. The van der Waals surface area contributed by atoms with Gasteiger partial charge in [0.05, 0.1) is 22.2 Å². The molecule has 3 aromatic heterocycles. The molecule has 0 aliphatic heterocycles. The summed E-state index contributed by atoms with van der Waals surface area (Å²) in [5, 5.41) is 0.841. The molecule has 2 N–H and O–H groups in total. The number of pyridine rings is 1. The van der Waals surface area contributed by atoms with Crippen LogP contribution in [0.5, 0.6) is 0 Å². The number of thiazole rings is 1. The topological polar surface area (TPSA) is 77.6 Å². The molecule has 0 saturated heterocycles. The molecule has 20 heavy (non-hydrogen) atoms. The van der Waals surface area contributed by atoms with E-state index in [1.54, 1.807) is 23.7 Å². The van der Waals surface area contributed by atoms with Crippen molar-refractivity contribution in [3.05, 3.63) is 30.0 Å². The van der Waals surface area contributed by atoms with Crippen molar-refractivity contribution >= 4 is 27.4 Å². The van der Waals surface area contributed by atoms with Gasteiger partial charge in [-0.3, -0.25) is 4.98 Å². The Kier molecular flexibility index (Phi) is 4.24. The molecule has 0 amide bonds. The van der Waals surface area contributed by atoms with E-state index in [4.69, 9.17) is 5.73 Å². The number of rotatable bonds is 1. The molecule has 0 aliphatic rings. The number of aryl methyl sites for hydroxylation is 2. The lowest BCUT2D eigenvalue weighted by Gasteiger charge is -2.05. The third kappa shape index (κ3) is 2.60. The van der Waals surface area contributed by atoms with Crippen LogP contribution in [-0.2, 0) is 0 Å². The Balaban J connectivity index is 0.000000704. The van der Waals surface area contributed by atoms with Crippen LogP contribution < -0.4 is 5.73 Å². The van der Waals surface area contributed by atoms with E-state index in [9.17, 15) is 0 Å². The number of fused-ring (bicyclic) bond motifs is 1. The molecule has 0 atom stereocenters. The van der Waals surface area contributed by atoms with Crippen LogP contribution in [0.2, 0.25) is 0 Å². The van der Waals surface area contributed by atoms with Crippen molar-refractivity contribution in [3.63, 3.8) is 0 Å². The second-order valence-electron chi connectivity index (χ2n) is 3.98. The van der Waals surface area contributed by atoms with Gasteiger partial charge in [-0.15, -0.1) is 11.3 Å². The van der Waals surface area contributed by atoms with E-state index < -0.39 is 0 Å². The van der Waals surface area contributed by atoms with Crippen LogP contribution in [0.4, 0.5) is 5.82 Å². The fourth-order valence-electron chi connectivity index (χ4n) is 1.89. The summed E-state index contributed by atoms with van der Waals surface area (Å²) in [4.78, 5) is 17.1. The summed E-state index contributed by atoms with van der Waals surface area (Å²) in [5.41, 5.74) is 8.52. The molecule has 3 heterocycles. The first-order valence-corrected chi connectivity index (χ1v) is 7.28. The summed E-state index contributed by atoms with van der Waals surface area (Å²) in [5.74, 6) is 1.16. The Labute approximate surface area is 121 Å². The molecule has 6 heteroatoms. The number of aromatic nitrogens is 4. The van der Waals surface area contributed by atoms with E-state index >= 15 is 0 Å². The standard InChI is InChI=1S/C12H11N5S.C2H6/c1-6-10(11(13)16-7(2)15-6)12-17-8-5-14-4-3-9(8)18-12;1-2/h3-5H,1-2H3,(H2,13,15,16);1-2H3. The lowest BCUT2D eigenvalue weighted by atomic mass is 10.2. The molecule has 0 saturated carbocycles. The zero-order valence-corrected chi connectivity index (χ0v) is 12.8. The average Bonchev–Trinajstić information content (AvgIpc) is 2.83. The zero-order valence-electron chi connectivity index (χ0n) is 12.0. The van der Waals surface area contributed by atoms with Crippen LogP contribution in [0.3, 0.4) is 0 Å². The van der Waals surface area contributed by atoms with E-state index in [1.807, 2.05) is 33.8 Å². The first kappa shape index (κ1) is 14.3. The van der Waals surface area contributed by atoms with E-state index in [0.29, 0.717) is 11.6 Å². The third-order valence-electron chi connectivity index (χ3n) is 2.63. The molecule has 0 spiro atoms. The van der Waals surface area contributed by atoms with Gasteiger partial charge in [-0.2, -0.15) is 0 Å². The lowest BCUT2D eigenvalue weighted by Crippen LogP contribution is -2.01. The average molecular weight is 287 g/mol. The normalized spacial score (nSPS) is 10.2. The molecule has 3 aromatic rings. The van der Waals surface area contributed by atoms with Gasteiger partial charge in [0.25, 0.3) is 0 Å². The van der Waals surface area contributed by atoms with Gasteiger partial charge in [-0.1, -0.05) is 13.8 Å². The van der Waals surface area contributed by atoms with Crippen LogP contribution in [-0.4, -0.2) is 19.9 Å². The van der Waals surface area contributed by atoms with Crippen molar-refractivity contribution in [1.82, 2.24) is 19.9 Å². The molecule has 0 fully saturated rings. The molecule has 0 aromatic carbocycles. The van der Waals surface area contributed by atoms with Crippen molar-refractivity contribution in [1.29, 1.82) is 0 Å². The molecule has 3 rings (SSSR count). The molecule has 0 radical (unpaired) electrons. The molecule has 0 bridgehead atoms. The zero-order chi connectivity index (χ0) is 14.7. The molecule has 0 unspecified atom stereocenters. The Morgan fingerprint density at radius 3 is 2.50 bits per heavy atom. The third-order valence-corrected chi connectivity index (χ3v) is 3.69. The minimum Gasteiger partial charge on any atom is -0.383 e. The van der Waals surface area contributed by atoms with Gasteiger partial charge in [0, 0.05) is 6.20 Å². The first-order valence-electron chi connectivity index (χ1n) is 6.47. The fourth-order valence-corrected chi connectivity index (χ4v) is 2.93. The van der Waals surface area contributed by atoms with Crippen molar-refractivity contribution in [3.8, 4) is 10.6 Å². The van der Waals surface area contributed by atoms with Gasteiger partial charge < -0.3 is 5.73 Å². The Hall–Kier alpha value is -2.08. The van der Waals surface area contributed by atoms with E-state index in [1.165, 1.54) is 0 Å². The smallest absolute Gasteiger partial charge is 0.137 e. The summed E-state index contributed by atoms with van der Waals surface area (Å²) >= 11 is 1.57. The molecule has 0 aliphatic carbocycles. The van der Waals surface area contributed by atoms with Gasteiger partial charge in [0.2, 0.25) is 0 Å². The first-order chi connectivity index (χ1) is 9.65. The maximum absolute atomic E-state index is 5.98. The lowest BCUT2D eigenvalue weighted by molar-refractivity contribution is 1.02. The monoisotopic (exact) mass is 287 g/mol. The van der Waals surface area contributed by atoms with Gasteiger partial charge in [-0.05, 0) is 19.9 Å². The van der Waals surface area contributed by atoms with Crippen LogP contribution >= 0.6 is 11.3 Å². The predicted molar refractivity (Wildman–Crippen MR) is 83.7 cm³/mol. The van der Waals surface area contributed by atoms with Crippen molar-refractivity contribution in [2.75, 3.05) is 5.73 Å². The van der Waals surface area contributed by atoms with Gasteiger partial charge in [-0.25, -0.2) is 15.0 Å². The summed E-state index contributed by atoms with van der Waals surface area (Å²) in [6, 6.07) is 1.94. The van der Waals surface area contributed by atoms with Crippen LogP contribution in [0.1, 0.15) is 25.4 Å². The molecular formula is C14H17N5S. The molecule has 5 nitrogen and oxygen atoms in total. The highest BCUT2D eigenvalue weighted by Crippen LogP contribution is 2.33. The number of nitrogens with zero attached hydrogens (tertiary/aromatic N) is 4. The molecular weight excluding hydrogens is 270 g/mol. The van der Waals surface area contributed by atoms with Crippen LogP contribution in [0, 0.1) is 13.8 Å². The predicted octanol–water partition coefficient (Wildman–Crippen LogP) is 3.37. The Bertz CT molecular complexity index is 679. The van der Waals surface area contributed by atoms with E-state index in [0.717, 1.165) is 26.5 Å². The minimum atomic E-state index is 0.479. The summed E-state index contributed by atoms with van der Waals surface area (Å²) in [7, 11) is 0. The Morgan fingerprint density at radius 2 is 1.85 bits per heavy atom. The van der Waals surface area contributed by atoms with Crippen LogP contribution in [0.15, 0.2) is 18.5 Å². The molecule has 104 valence electrons. The van der Waals surface area contributed by atoms with Gasteiger partial charge in [0.1, 0.15) is 22.2 Å². The summed E-state index contributed by atoms with van der Waals surface area (Å²) in [6.07, 6.45) is 3.50. The highest BCUT2D eigenvalue weighted by Gasteiger charge is 2.14. The van der Waals surface area contributed by atoms with Crippen molar-refractivity contribution < 1.29 is 0 Å². The highest BCUT2D eigenvalue weighted by atomic mass is 32.1. The SMILES string of the molecule is CC.Cc1nc(C)c(-c2nc3cnccc3s2)c(N)n1. The van der Waals surface area contributed by atoms with Crippen LogP contribution in [0.25, 0.3) is 20.8 Å². The highest BCUT2D eigenvalue weighted by molar-refractivity contribution is 7.21. The largest absolute Gasteiger partial charge is 0.383 e. The van der Waals surface area contributed by atoms with E-state index in [-0.39, 0.29) is 0 Å². The Morgan fingerprint density at radius 1 is 1.10 bits per heavy atom. The van der Waals surface area contributed by atoms with E-state index in [2.05, 4.69) is 19.9 Å². The van der Waals surface area contributed by atoms with Crippen molar-refractivity contribution in [2.24, 2.45) is 0 Å².